The van der Waals surface area contributed by atoms with Gasteiger partial charge in [-0.2, -0.15) is 0 Å². The molecule has 2 unspecified atom stereocenters. The maximum absolute atomic E-state index is 4.64. The van der Waals surface area contributed by atoms with Crippen LogP contribution in [0.1, 0.15) is 54.1 Å². The van der Waals surface area contributed by atoms with Crippen LogP contribution >= 0.6 is 0 Å². The lowest BCUT2D eigenvalue weighted by Gasteiger charge is -2.33. The van der Waals surface area contributed by atoms with E-state index < -0.39 is 0 Å². The van der Waals surface area contributed by atoms with Gasteiger partial charge in [-0.3, -0.25) is 4.98 Å². The molecule has 1 heterocycles. The standard InChI is InChI=1S/C19H24N2/c1-3-10-20-18(19-14(2)7-6-11-21-19)13-16-12-15-8-4-5-9-17(15)16/h4-9,11,16,18,20H,3,10,12-13H2,1-2H3. The lowest BCUT2D eigenvalue weighted by molar-refractivity contribution is 0.420. The number of nitrogens with zero attached hydrogens (tertiary/aromatic N) is 1. The Labute approximate surface area is 127 Å². The van der Waals surface area contributed by atoms with Crippen LogP contribution in [0.2, 0.25) is 0 Å². The first-order valence-corrected chi connectivity index (χ1v) is 8.02. The van der Waals surface area contributed by atoms with E-state index in [1.54, 1.807) is 0 Å². The summed E-state index contributed by atoms with van der Waals surface area (Å²) >= 11 is 0. The second kappa shape index (κ2) is 6.40. The summed E-state index contributed by atoms with van der Waals surface area (Å²) in [6.45, 7) is 5.43. The fourth-order valence-corrected chi connectivity index (χ4v) is 3.33. The van der Waals surface area contributed by atoms with E-state index in [9.17, 15) is 0 Å². The lowest BCUT2D eigenvalue weighted by Crippen LogP contribution is -2.28. The topological polar surface area (TPSA) is 24.9 Å². The summed E-state index contributed by atoms with van der Waals surface area (Å²) in [5.74, 6) is 0.678. The van der Waals surface area contributed by atoms with Gasteiger partial charge < -0.3 is 5.32 Å². The van der Waals surface area contributed by atoms with Crippen molar-refractivity contribution in [2.45, 2.75) is 45.1 Å². The van der Waals surface area contributed by atoms with Crippen LogP contribution in [0.3, 0.4) is 0 Å². The van der Waals surface area contributed by atoms with Crippen LogP contribution in [0.4, 0.5) is 0 Å². The van der Waals surface area contributed by atoms with Crippen molar-refractivity contribution in [3.05, 3.63) is 65.0 Å². The molecule has 1 aliphatic rings. The number of hydrogen-bond acceptors (Lipinski definition) is 2. The van der Waals surface area contributed by atoms with Gasteiger partial charge in [-0.25, -0.2) is 0 Å². The molecule has 0 fully saturated rings. The third kappa shape index (κ3) is 3.01. The second-order valence-electron chi connectivity index (χ2n) is 6.05. The van der Waals surface area contributed by atoms with E-state index in [-0.39, 0.29) is 0 Å². The van der Waals surface area contributed by atoms with Gasteiger partial charge in [0.2, 0.25) is 0 Å². The highest BCUT2D eigenvalue weighted by Crippen LogP contribution is 2.40. The summed E-state index contributed by atoms with van der Waals surface area (Å²) in [5, 5.41) is 3.69. The summed E-state index contributed by atoms with van der Waals surface area (Å²) < 4.78 is 0. The van der Waals surface area contributed by atoms with Gasteiger partial charge in [0.1, 0.15) is 0 Å². The highest BCUT2D eigenvalue weighted by atomic mass is 14.9. The van der Waals surface area contributed by atoms with Crippen molar-refractivity contribution in [3.8, 4) is 0 Å². The molecule has 2 nitrogen and oxygen atoms in total. The minimum Gasteiger partial charge on any atom is -0.309 e. The first kappa shape index (κ1) is 14.3. The normalized spacial score (nSPS) is 17.9. The molecule has 1 N–H and O–H groups in total. The fourth-order valence-electron chi connectivity index (χ4n) is 3.33. The van der Waals surface area contributed by atoms with Crippen LogP contribution in [-0.4, -0.2) is 11.5 Å². The highest BCUT2D eigenvalue weighted by Gasteiger charge is 2.29. The zero-order chi connectivity index (χ0) is 14.7. The van der Waals surface area contributed by atoms with Crippen LogP contribution in [0.15, 0.2) is 42.6 Å². The van der Waals surface area contributed by atoms with Crippen LogP contribution in [0.5, 0.6) is 0 Å². The molecule has 0 saturated carbocycles. The Morgan fingerprint density at radius 1 is 1.24 bits per heavy atom. The molecule has 3 rings (SSSR count). The van der Waals surface area contributed by atoms with Crippen molar-refractivity contribution >= 4 is 0 Å². The Morgan fingerprint density at radius 3 is 2.86 bits per heavy atom. The summed E-state index contributed by atoms with van der Waals surface area (Å²) in [6.07, 6.45) is 5.43. The van der Waals surface area contributed by atoms with E-state index in [2.05, 4.69) is 54.5 Å². The third-order valence-electron chi connectivity index (χ3n) is 4.50. The van der Waals surface area contributed by atoms with Crippen LogP contribution in [0.25, 0.3) is 0 Å². The molecule has 0 radical (unpaired) electrons. The van der Waals surface area contributed by atoms with Crippen molar-refractivity contribution in [2.24, 2.45) is 0 Å². The molecule has 0 amide bonds. The zero-order valence-electron chi connectivity index (χ0n) is 13.0. The molecular formula is C19H24N2. The van der Waals surface area contributed by atoms with Gasteiger partial charge in [0.25, 0.3) is 0 Å². The van der Waals surface area contributed by atoms with Crippen molar-refractivity contribution in [2.75, 3.05) is 6.54 Å². The number of pyridine rings is 1. The highest BCUT2D eigenvalue weighted by molar-refractivity contribution is 5.40. The van der Waals surface area contributed by atoms with Gasteiger partial charge >= 0.3 is 0 Å². The van der Waals surface area contributed by atoms with E-state index in [0.29, 0.717) is 12.0 Å². The van der Waals surface area contributed by atoms with Crippen LogP contribution in [-0.2, 0) is 6.42 Å². The molecule has 0 saturated heterocycles. The van der Waals surface area contributed by atoms with Crippen molar-refractivity contribution < 1.29 is 0 Å². The number of hydrogen-bond donors (Lipinski definition) is 1. The summed E-state index contributed by atoms with van der Waals surface area (Å²) in [7, 11) is 0. The second-order valence-corrected chi connectivity index (χ2v) is 6.05. The summed E-state index contributed by atoms with van der Waals surface area (Å²) in [4.78, 5) is 4.64. The molecule has 21 heavy (non-hydrogen) atoms. The SMILES string of the molecule is CCCNC(CC1Cc2ccccc21)c1ncccc1C. The molecular weight excluding hydrogens is 256 g/mol. The van der Waals surface area contributed by atoms with E-state index in [1.165, 1.54) is 28.8 Å². The molecule has 110 valence electrons. The minimum atomic E-state index is 0.365. The van der Waals surface area contributed by atoms with Crippen molar-refractivity contribution in [1.29, 1.82) is 0 Å². The Bertz CT molecular complexity index is 606. The molecule has 1 aliphatic carbocycles. The first-order valence-electron chi connectivity index (χ1n) is 8.02. The number of benzene rings is 1. The van der Waals surface area contributed by atoms with E-state index in [1.807, 2.05) is 12.3 Å². The third-order valence-corrected chi connectivity index (χ3v) is 4.50. The summed E-state index contributed by atoms with van der Waals surface area (Å²) in [5.41, 5.74) is 5.57. The van der Waals surface area contributed by atoms with Gasteiger partial charge in [-0.05, 0) is 61.4 Å². The minimum absolute atomic E-state index is 0.365. The predicted molar refractivity (Wildman–Crippen MR) is 87.5 cm³/mol. The van der Waals surface area contributed by atoms with Gasteiger partial charge in [-0.15, -0.1) is 0 Å². The van der Waals surface area contributed by atoms with Gasteiger partial charge in [0.05, 0.1) is 11.7 Å². The molecule has 0 bridgehead atoms. The summed E-state index contributed by atoms with van der Waals surface area (Å²) in [6, 6.07) is 13.4. The predicted octanol–water partition coefficient (Wildman–Crippen LogP) is 4.16. The van der Waals surface area contributed by atoms with Crippen LogP contribution in [0, 0.1) is 6.92 Å². The first-order chi connectivity index (χ1) is 10.3. The molecule has 1 aromatic heterocycles. The average Bonchev–Trinajstić information content (AvgIpc) is 2.49. The van der Waals surface area contributed by atoms with Gasteiger partial charge in [0, 0.05) is 6.20 Å². The Hall–Kier alpha value is -1.67. The molecule has 0 aliphatic heterocycles. The molecule has 0 spiro atoms. The number of aryl methyl sites for hydroxylation is 1. The monoisotopic (exact) mass is 280 g/mol. The molecule has 2 atom stereocenters. The van der Waals surface area contributed by atoms with E-state index in [0.717, 1.165) is 19.4 Å². The number of fused-ring (bicyclic) bond motifs is 1. The Balaban J connectivity index is 1.77. The lowest BCUT2D eigenvalue weighted by atomic mass is 9.74. The number of aromatic nitrogens is 1. The Kier molecular flexibility index (Phi) is 4.35. The molecule has 2 aromatic rings. The fraction of sp³-hybridized carbons (Fsp3) is 0.421. The number of nitrogens with one attached hydrogen (secondary N) is 1. The largest absolute Gasteiger partial charge is 0.309 e. The maximum Gasteiger partial charge on any atom is 0.0602 e. The van der Waals surface area contributed by atoms with Gasteiger partial charge in [0.15, 0.2) is 0 Å². The van der Waals surface area contributed by atoms with Crippen LogP contribution < -0.4 is 5.32 Å². The van der Waals surface area contributed by atoms with Crippen molar-refractivity contribution in [1.82, 2.24) is 10.3 Å². The zero-order valence-corrected chi connectivity index (χ0v) is 13.0. The average molecular weight is 280 g/mol. The smallest absolute Gasteiger partial charge is 0.0602 e. The quantitative estimate of drug-likeness (QED) is 0.859. The van der Waals surface area contributed by atoms with Crippen molar-refractivity contribution in [3.63, 3.8) is 0 Å². The number of rotatable bonds is 6. The molecule has 2 heteroatoms. The molecule has 1 aromatic carbocycles. The van der Waals surface area contributed by atoms with E-state index in [4.69, 9.17) is 0 Å². The van der Waals surface area contributed by atoms with E-state index >= 15 is 0 Å². The maximum atomic E-state index is 4.64. The van der Waals surface area contributed by atoms with Gasteiger partial charge in [-0.1, -0.05) is 37.3 Å². The Morgan fingerprint density at radius 2 is 2.10 bits per heavy atom.